The van der Waals surface area contributed by atoms with E-state index in [0.717, 1.165) is 24.0 Å². The highest BCUT2D eigenvalue weighted by molar-refractivity contribution is 6.30. The van der Waals surface area contributed by atoms with Gasteiger partial charge in [-0.1, -0.05) is 35.9 Å². The number of carbonyl (C=O) groups excluding carboxylic acids is 3. The second-order valence-corrected chi connectivity index (χ2v) is 7.06. The molecule has 0 unspecified atom stereocenters. The van der Waals surface area contributed by atoms with Crippen LogP contribution in [0, 0.1) is 0 Å². The molecule has 2 aromatic rings. The number of rotatable bonds is 7. The molecule has 3 amide bonds. The minimum absolute atomic E-state index is 0.0203. The number of nitrogens with two attached hydrogens (primary N) is 1. The SMILES string of the molecule is NC(=O)CNC(=O)c1ccc(CNC(=O)C2(c3cccc(Cl)c3)CC2)cc1. The molecule has 27 heavy (non-hydrogen) atoms. The van der Waals surface area contributed by atoms with Gasteiger partial charge in [-0.15, -0.1) is 0 Å². The van der Waals surface area contributed by atoms with Crippen LogP contribution < -0.4 is 16.4 Å². The van der Waals surface area contributed by atoms with Gasteiger partial charge < -0.3 is 16.4 Å². The van der Waals surface area contributed by atoms with Gasteiger partial charge in [-0.3, -0.25) is 14.4 Å². The van der Waals surface area contributed by atoms with Crippen LogP contribution in [0.25, 0.3) is 0 Å². The molecule has 140 valence electrons. The minimum Gasteiger partial charge on any atom is -0.368 e. The second-order valence-electron chi connectivity index (χ2n) is 6.62. The molecule has 1 aliphatic rings. The Kier molecular flexibility index (Phi) is 5.46. The van der Waals surface area contributed by atoms with Crippen molar-refractivity contribution < 1.29 is 14.4 Å². The van der Waals surface area contributed by atoms with Crippen molar-refractivity contribution in [3.63, 3.8) is 0 Å². The van der Waals surface area contributed by atoms with Gasteiger partial charge in [0.1, 0.15) is 0 Å². The maximum Gasteiger partial charge on any atom is 0.251 e. The molecule has 0 aromatic heterocycles. The lowest BCUT2D eigenvalue weighted by atomic mass is 9.95. The molecule has 6 nitrogen and oxygen atoms in total. The van der Waals surface area contributed by atoms with Crippen molar-refractivity contribution in [2.75, 3.05) is 6.54 Å². The lowest BCUT2D eigenvalue weighted by molar-refractivity contribution is -0.123. The van der Waals surface area contributed by atoms with Gasteiger partial charge in [0.15, 0.2) is 0 Å². The summed E-state index contributed by atoms with van der Waals surface area (Å²) in [6.07, 6.45) is 1.61. The first kappa shape index (κ1) is 18.9. The van der Waals surface area contributed by atoms with Gasteiger partial charge in [0.25, 0.3) is 5.91 Å². The Labute approximate surface area is 162 Å². The molecule has 0 spiro atoms. The van der Waals surface area contributed by atoms with Crippen molar-refractivity contribution in [1.82, 2.24) is 10.6 Å². The highest BCUT2D eigenvalue weighted by atomic mass is 35.5. The summed E-state index contributed by atoms with van der Waals surface area (Å²) in [7, 11) is 0. The first-order valence-electron chi connectivity index (χ1n) is 8.60. The quantitative estimate of drug-likeness (QED) is 0.678. The van der Waals surface area contributed by atoms with Crippen molar-refractivity contribution in [2.24, 2.45) is 5.73 Å². The van der Waals surface area contributed by atoms with Gasteiger partial charge in [-0.25, -0.2) is 0 Å². The molecule has 1 saturated carbocycles. The van der Waals surface area contributed by atoms with Crippen molar-refractivity contribution in [2.45, 2.75) is 24.8 Å². The van der Waals surface area contributed by atoms with E-state index in [1.54, 1.807) is 30.3 Å². The van der Waals surface area contributed by atoms with E-state index in [-0.39, 0.29) is 18.4 Å². The average Bonchev–Trinajstić information content (AvgIpc) is 3.46. The van der Waals surface area contributed by atoms with Crippen LogP contribution in [0.3, 0.4) is 0 Å². The van der Waals surface area contributed by atoms with E-state index in [1.165, 1.54) is 0 Å². The summed E-state index contributed by atoms with van der Waals surface area (Å²) in [6, 6.07) is 14.2. The Morgan fingerprint density at radius 2 is 1.74 bits per heavy atom. The van der Waals surface area contributed by atoms with Gasteiger partial charge in [0.05, 0.1) is 12.0 Å². The predicted octanol–water partition coefficient (Wildman–Crippen LogP) is 1.90. The summed E-state index contributed by atoms with van der Waals surface area (Å²) in [4.78, 5) is 35.2. The van der Waals surface area contributed by atoms with Crippen molar-refractivity contribution in [3.05, 3.63) is 70.2 Å². The van der Waals surface area contributed by atoms with Crippen molar-refractivity contribution in [1.29, 1.82) is 0 Å². The van der Waals surface area contributed by atoms with E-state index in [1.807, 2.05) is 18.2 Å². The lowest BCUT2D eigenvalue weighted by Gasteiger charge is -2.16. The lowest BCUT2D eigenvalue weighted by Crippen LogP contribution is -2.34. The topological polar surface area (TPSA) is 101 Å². The fraction of sp³-hybridized carbons (Fsp3) is 0.250. The highest BCUT2D eigenvalue weighted by Gasteiger charge is 2.51. The van der Waals surface area contributed by atoms with E-state index >= 15 is 0 Å². The van der Waals surface area contributed by atoms with E-state index in [9.17, 15) is 14.4 Å². The molecule has 0 saturated heterocycles. The van der Waals surface area contributed by atoms with E-state index in [2.05, 4.69) is 10.6 Å². The first-order chi connectivity index (χ1) is 12.9. The summed E-state index contributed by atoms with van der Waals surface area (Å²) < 4.78 is 0. The number of hydrogen-bond acceptors (Lipinski definition) is 3. The van der Waals surface area contributed by atoms with E-state index in [4.69, 9.17) is 17.3 Å². The molecule has 0 atom stereocenters. The fourth-order valence-corrected chi connectivity index (χ4v) is 3.14. The Hall–Kier alpha value is -2.86. The van der Waals surface area contributed by atoms with Crippen LogP contribution in [-0.2, 0) is 21.5 Å². The summed E-state index contributed by atoms with van der Waals surface area (Å²) in [6.45, 7) is 0.159. The Morgan fingerprint density at radius 3 is 2.33 bits per heavy atom. The van der Waals surface area contributed by atoms with Crippen LogP contribution in [0.15, 0.2) is 48.5 Å². The van der Waals surface area contributed by atoms with Crippen LogP contribution in [0.1, 0.15) is 34.3 Å². The third-order valence-electron chi connectivity index (χ3n) is 4.65. The molecule has 7 heteroatoms. The first-order valence-corrected chi connectivity index (χ1v) is 8.98. The summed E-state index contributed by atoms with van der Waals surface area (Å²) >= 11 is 6.05. The maximum atomic E-state index is 12.7. The zero-order valence-electron chi connectivity index (χ0n) is 14.6. The molecule has 4 N–H and O–H groups in total. The smallest absolute Gasteiger partial charge is 0.251 e. The molecule has 0 bridgehead atoms. The van der Waals surface area contributed by atoms with Gasteiger partial charge in [-0.05, 0) is 48.2 Å². The monoisotopic (exact) mass is 385 g/mol. The van der Waals surface area contributed by atoms with Crippen LogP contribution >= 0.6 is 11.6 Å². The van der Waals surface area contributed by atoms with Crippen LogP contribution in [0.5, 0.6) is 0 Å². The third-order valence-corrected chi connectivity index (χ3v) is 4.89. The molecular formula is C20H20ClN3O3. The zero-order chi connectivity index (χ0) is 19.4. The van der Waals surface area contributed by atoms with Crippen LogP contribution in [0.4, 0.5) is 0 Å². The molecule has 0 heterocycles. The molecular weight excluding hydrogens is 366 g/mol. The fourth-order valence-electron chi connectivity index (χ4n) is 2.95. The zero-order valence-corrected chi connectivity index (χ0v) is 15.4. The van der Waals surface area contributed by atoms with Gasteiger partial charge >= 0.3 is 0 Å². The summed E-state index contributed by atoms with van der Waals surface area (Å²) in [5.41, 5.74) is 6.74. The molecule has 1 fully saturated rings. The number of carbonyl (C=O) groups is 3. The number of amides is 3. The molecule has 3 rings (SSSR count). The summed E-state index contributed by atoms with van der Waals surface area (Å²) in [5.74, 6) is -0.994. The minimum atomic E-state index is -0.601. The molecule has 2 aromatic carbocycles. The Bertz CT molecular complexity index is 876. The Balaban J connectivity index is 1.58. The normalized spacial score (nSPS) is 14.3. The number of halogens is 1. The van der Waals surface area contributed by atoms with Gasteiger partial charge in [0.2, 0.25) is 11.8 Å². The second kappa shape index (κ2) is 7.80. The van der Waals surface area contributed by atoms with E-state index in [0.29, 0.717) is 17.1 Å². The van der Waals surface area contributed by atoms with Crippen LogP contribution in [-0.4, -0.2) is 24.3 Å². The number of nitrogens with one attached hydrogen (secondary N) is 2. The largest absolute Gasteiger partial charge is 0.368 e. The molecule has 1 aliphatic carbocycles. The molecule has 0 radical (unpaired) electrons. The Morgan fingerprint density at radius 1 is 1.04 bits per heavy atom. The molecule has 0 aliphatic heterocycles. The van der Waals surface area contributed by atoms with Gasteiger partial charge in [-0.2, -0.15) is 0 Å². The van der Waals surface area contributed by atoms with E-state index < -0.39 is 11.3 Å². The number of hydrogen-bond donors (Lipinski definition) is 3. The average molecular weight is 386 g/mol. The maximum absolute atomic E-state index is 12.7. The van der Waals surface area contributed by atoms with Crippen LogP contribution in [0.2, 0.25) is 5.02 Å². The summed E-state index contributed by atoms with van der Waals surface area (Å²) in [5, 5.41) is 6.01. The predicted molar refractivity (Wildman–Crippen MR) is 102 cm³/mol. The third kappa shape index (κ3) is 4.46. The number of primary amides is 1. The highest BCUT2D eigenvalue weighted by Crippen LogP contribution is 2.48. The standard InChI is InChI=1S/C20H20ClN3O3/c21-16-3-1-2-15(10-16)20(8-9-20)19(27)24-11-13-4-6-14(7-5-13)18(26)23-12-17(22)25/h1-7,10H,8-9,11-12H2,(H2,22,25)(H,23,26)(H,24,27). The number of benzene rings is 2. The van der Waals surface area contributed by atoms with Crippen molar-refractivity contribution in [3.8, 4) is 0 Å². The van der Waals surface area contributed by atoms with Crippen molar-refractivity contribution >= 4 is 29.3 Å². The van der Waals surface area contributed by atoms with Gasteiger partial charge in [0, 0.05) is 17.1 Å².